The zero-order valence-electron chi connectivity index (χ0n) is 19.2. The molecule has 1 aliphatic rings. The van der Waals surface area contributed by atoms with E-state index in [2.05, 4.69) is 4.98 Å². The number of benzene rings is 2. The molecule has 1 amide bonds. The second kappa shape index (κ2) is 9.69. The van der Waals surface area contributed by atoms with E-state index in [9.17, 15) is 14.7 Å². The molecule has 3 aromatic rings. The highest BCUT2D eigenvalue weighted by atomic mass is 35.5. The summed E-state index contributed by atoms with van der Waals surface area (Å²) in [4.78, 5) is 32.1. The first-order valence-electron chi connectivity index (χ1n) is 11.0. The average molecular weight is 477 g/mol. The molecule has 0 spiro atoms. The first-order chi connectivity index (χ1) is 16.3. The number of aliphatic hydroxyl groups is 1. The highest BCUT2D eigenvalue weighted by molar-refractivity contribution is 6.52. The normalized spacial score (nSPS) is 17.3. The highest BCUT2D eigenvalue weighted by Crippen LogP contribution is 2.44. The van der Waals surface area contributed by atoms with Crippen LogP contribution in [0.15, 0.2) is 66.5 Å². The molecule has 7 heteroatoms. The summed E-state index contributed by atoms with van der Waals surface area (Å²) in [6, 6.07) is 13.0. The summed E-state index contributed by atoms with van der Waals surface area (Å²) in [7, 11) is 0. The Balaban J connectivity index is 1.89. The number of Topliss-reactive ketones (excluding diaryl/α,β-unsaturated/α-hetero) is 1. The van der Waals surface area contributed by atoms with Crippen LogP contribution in [0.25, 0.3) is 5.76 Å². The second-order valence-corrected chi connectivity index (χ2v) is 8.58. The van der Waals surface area contributed by atoms with Gasteiger partial charge in [-0.05, 0) is 73.4 Å². The number of hydrogen-bond acceptors (Lipinski definition) is 5. The van der Waals surface area contributed by atoms with Crippen LogP contribution >= 0.6 is 11.6 Å². The summed E-state index contributed by atoms with van der Waals surface area (Å²) in [5, 5.41) is 11.8. The maximum atomic E-state index is 13.3. The number of hydrogen-bond donors (Lipinski definition) is 1. The molecule has 1 aromatic heterocycles. The van der Waals surface area contributed by atoms with Crippen molar-refractivity contribution in [2.24, 2.45) is 0 Å². The number of pyridine rings is 1. The van der Waals surface area contributed by atoms with Gasteiger partial charge in [-0.15, -0.1) is 0 Å². The molecule has 1 atom stereocenters. The lowest BCUT2D eigenvalue weighted by atomic mass is 9.95. The highest BCUT2D eigenvalue weighted by Gasteiger charge is 2.47. The van der Waals surface area contributed by atoms with Crippen molar-refractivity contribution in [2.45, 2.75) is 33.2 Å². The number of rotatable bonds is 6. The lowest BCUT2D eigenvalue weighted by Gasteiger charge is -2.26. The van der Waals surface area contributed by atoms with Gasteiger partial charge in [0, 0.05) is 28.7 Å². The van der Waals surface area contributed by atoms with Crippen molar-refractivity contribution < 1.29 is 19.4 Å². The van der Waals surface area contributed by atoms with Crippen LogP contribution in [0.4, 0.5) is 5.69 Å². The number of amides is 1. The Morgan fingerprint density at radius 1 is 1.15 bits per heavy atom. The standard InChI is InChI=1S/C27H25ClN2O4/c1-4-13-34-22-11-10-18(14-16(22)2)25(31)23-24(19-7-6-12-29-15-19)30(27(33)26(23)32)21-9-5-8-20(28)17(21)3/h5-12,14-15,24,31H,4,13H2,1-3H3/b25-23+. The predicted molar refractivity (Wildman–Crippen MR) is 132 cm³/mol. The Labute approximate surface area is 203 Å². The number of anilines is 1. The number of ether oxygens (including phenoxy) is 1. The van der Waals surface area contributed by atoms with Crippen molar-refractivity contribution >= 4 is 34.7 Å². The van der Waals surface area contributed by atoms with Crippen molar-refractivity contribution in [1.29, 1.82) is 0 Å². The van der Waals surface area contributed by atoms with E-state index in [1.807, 2.05) is 13.8 Å². The van der Waals surface area contributed by atoms with Crippen LogP contribution in [0, 0.1) is 13.8 Å². The monoisotopic (exact) mass is 476 g/mol. The summed E-state index contributed by atoms with van der Waals surface area (Å²) >= 11 is 6.32. The fourth-order valence-electron chi connectivity index (χ4n) is 4.12. The Morgan fingerprint density at radius 3 is 2.62 bits per heavy atom. The third-order valence-electron chi connectivity index (χ3n) is 5.85. The molecule has 1 N–H and O–H groups in total. The molecule has 1 aliphatic heterocycles. The smallest absolute Gasteiger partial charge is 0.300 e. The molecule has 2 aromatic carbocycles. The first kappa shape index (κ1) is 23.5. The van der Waals surface area contributed by atoms with Gasteiger partial charge in [0.25, 0.3) is 11.7 Å². The minimum absolute atomic E-state index is 0.000924. The van der Waals surface area contributed by atoms with E-state index < -0.39 is 17.7 Å². The van der Waals surface area contributed by atoms with Gasteiger partial charge in [0.05, 0.1) is 18.2 Å². The maximum absolute atomic E-state index is 13.3. The number of aromatic nitrogens is 1. The molecule has 2 heterocycles. The van der Waals surface area contributed by atoms with Crippen LogP contribution in [0.1, 0.15) is 41.6 Å². The summed E-state index contributed by atoms with van der Waals surface area (Å²) in [6.45, 7) is 6.26. The van der Waals surface area contributed by atoms with Crippen molar-refractivity contribution in [3.05, 3.63) is 93.8 Å². The number of nitrogens with zero attached hydrogens (tertiary/aromatic N) is 2. The molecular weight excluding hydrogens is 452 g/mol. The number of aliphatic hydroxyl groups excluding tert-OH is 1. The molecule has 0 saturated carbocycles. The van der Waals surface area contributed by atoms with Gasteiger partial charge in [-0.2, -0.15) is 0 Å². The van der Waals surface area contributed by atoms with E-state index in [1.165, 1.54) is 4.90 Å². The number of carbonyl (C=O) groups is 2. The molecule has 4 rings (SSSR count). The molecule has 1 saturated heterocycles. The minimum Gasteiger partial charge on any atom is -0.507 e. The largest absolute Gasteiger partial charge is 0.507 e. The van der Waals surface area contributed by atoms with Crippen LogP contribution in [-0.4, -0.2) is 28.4 Å². The molecule has 0 aliphatic carbocycles. The van der Waals surface area contributed by atoms with Gasteiger partial charge in [0.1, 0.15) is 11.5 Å². The third-order valence-corrected chi connectivity index (χ3v) is 6.26. The lowest BCUT2D eigenvalue weighted by molar-refractivity contribution is -0.132. The summed E-state index contributed by atoms with van der Waals surface area (Å²) in [5.74, 6) is -1.05. The Bertz CT molecular complexity index is 1290. The van der Waals surface area contributed by atoms with E-state index in [-0.39, 0.29) is 11.3 Å². The Morgan fingerprint density at radius 2 is 1.94 bits per heavy atom. The van der Waals surface area contributed by atoms with Crippen LogP contribution < -0.4 is 9.64 Å². The summed E-state index contributed by atoms with van der Waals surface area (Å²) in [5.41, 5.74) is 3.00. The number of ketones is 1. The Hall–Kier alpha value is -3.64. The van der Waals surface area contributed by atoms with Crippen LogP contribution in [0.5, 0.6) is 5.75 Å². The zero-order chi connectivity index (χ0) is 24.4. The van der Waals surface area contributed by atoms with Gasteiger partial charge in [-0.25, -0.2) is 0 Å². The lowest BCUT2D eigenvalue weighted by Crippen LogP contribution is -2.30. The van der Waals surface area contributed by atoms with E-state index in [0.717, 1.165) is 12.0 Å². The van der Waals surface area contributed by atoms with E-state index in [0.29, 0.717) is 39.8 Å². The molecule has 1 unspecified atom stereocenters. The van der Waals surface area contributed by atoms with Gasteiger partial charge >= 0.3 is 0 Å². The number of aryl methyl sites for hydroxylation is 1. The average Bonchev–Trinajstić information content (AvgIpc) is 3.10. The molecule has 6 nitrogen and oxygen atoms in total. The molecule has 34 heavy (non-hydrogen) atoms. The van der Waals surface area contributed by atoms with Crippen LogP contribution in [0.2, 0.25) is 5.02 Å². The predicted octanol–water partition coefficient (Wildman–Crippen LogP) is 5.77. The van der Waals surface area contributed by atoms with Crippen molar-refractivity contribution in [3.63, 3.8) is 0 Å². The SMILES string of the molecule is CCCOc1ccc(/C(O)=C2\C(=O)C(=O)N(c3cccc(Cl)c3C)C2c2cccnc2)cc1C. The third kappa shape index (κ3) is 4.17. The number of halogens is 1. The minimum atomic E-state index is -0.859. The fourth-order valence-corrected chi connectivity index (χ4v) is 4.29. The summed E-state index contributed by atoms with van der Waals surface area (Å²) in [6.07, 6.45) is 4.07. The number of carbonyl (C=O) groups excluding carboxylic acids is 2. The molecular formula is C27H25ClN2O4. The van der Waals surface area contributed by atoms with E-state index >= 15 is 0 Å². The first-order valence-corrected chi connectivity index (χ1v) is 11.4. The van der Waals surface area contributed by atoms with Crippen LogP contribution in [0.3, 0.4) is 0 Å². The van der Waals surface area contributed by atoms with Gasteiger partial charge in [-0.1, -0.05) is 30.7 Å². The van der Waals surface area contributed by atoms with Crippen LogP contribution in [-0.2, 0) is 9.59 Å². The van der Waals surface area contributed by atoms with Crippen molar-refractivity contribution in [3.8, 4) is 5.75 Å². The molecule has 1 fully saturated rings. The van der Waals surface area contributed by atoms with Gasteiger partial charge in [-0.3, -0.25) is 19.5 Å². The Kier molecular flexibility index (Phi) is 6.70. The summed E-state index contributed by atoms with van der Waals surface area (Å²) < 4.78 is 5.73. The quantitative estimate of drug-likeness (QED) is 0.277. The molecule has 174 valence electrons. The topological polar surface area (TPSA) is 79.7 Å². The zero-order valence-corrected chi connectivity index (χ0v) is 20.0. The van der Waals surface area contributed by atoms with Gasteiger partial charge in [0.15, 0.2) is 0 Å². The van der Waals surface area contributed by atoms with E-state index in [4.69, 9.17) is 16.3 Å². The van der Waals surface area contributed by atoms with Crippen molar-refractivity contribution in [2.75, 3.05) is 11.5 Å². The molecule has 0 radical (unpaired) electrons. The van der Waals surface area contributed by atoms with E-state index in [1.54, 1.807) is 67.8 Å². The molecule has 0 bridgehead atoms. The fraction of sp³-hybridized carbons (Fsp3) is 0.222. The van der Waals surface area contributed by atoms with Gasteiger partial charge in [0.2, 0.25) is 0 Å². The van der Waals surface area contributed by atoms with Gasteiger partial charge < -0.3 is 9.84 Å². The second-order valence-electron chi connectivity index (χ2n) is 8.17. The van der Waals surface area contributed by atoms with Crippen molar-refractivity contribution in [1.82, 2.24) is 4.98 Å². The maximum Gasteiger partial charge on any atom is 0.300 e.